The first kappa shape index (κ1) is 30.4. The fraction of sp³-hybridized carbons (Fsp3) is 0.0800. The first-order valence-electron chi connectivity index (χ1n) is 18.2. The second kappa shape index (κ2) is 12.1. The average molecular weight is 668 g/mol. The molecule has 0 aliphatic heterocycles. The molecular weight excluding hydrogens is 631 g/mol. The Labute approximate surface area is 304 Å². The molecule has 0 N–H and O–H groups in total. The molecule has 0 saturated heterocycles. The van der Waals surface area contributed by atoms with Gasteiger partial charge in [-0.1, -0.05) is 140 Å². The van der Waals surface area contributed by atoms with Crippen molar-refractivity contribution in [1.82, 2.24) is 0 Å². The van der Waals surface area contributed by atoms with E-state index in [1.165, 1.54) is 50.1 Å². The van der Waals surface area contributed by atoms with E-state index in [1.54, 1.807) is 0 Å². The highest BCUT2D eigenvalue weighted by molar-refractivity contribution is 6.08. The highest BCUT2D eigenvalue weighted by Gasteiger charge is 2.42. The summed E-state index contributed by atoms with van der Waals surface area (Å²) in [7, 11) is 0. The Balaban J connectivity index is 1.13. The Morgan fingerprint density at radius 3 is 1.92 bits per heavy atom. The van der Waals surface area contributed by atoms with Gasteiger partial charge in [0.05, 0.1) is 0 Å². The predicted octanol–water partition coefficient (Wildman–Crippen LogP) is 13.8. The largest absolute Gasteiger partial charge is 0.456 e. The third kappa shape index (κ3) is 4.79. The van der Waals surface area contributed by atoms with Gasteiger partial charge in [-0.2, -0.15) is 0 Å². The van der Waals surface area contributed by atoms with Crippen molar-refractivity contribution in [1.29, 1.82) is 0 Å². The van der Waals surface area contributed by atoms with Gasteiger partial charge in [0, 0.05) is 44.9 Å². The first-order chi connectivity index (χ1) is 25.7. The van der Waals surface area contributed by atoms with E-state index >= 15 is 0 Å². The average Bonchev–Trinajstić information content (AvgIpc) is 3.72. The molecule has 0 radical (unpaired) electrons. The number of anilines is 3. The van der Waals surface area contributed by atoms with Gasteiger partial charge in [-0.15, -0.1) is 0 Å². The minimum atomic E-state index is -0.349. The van der Waals surface area contributed by atoms with Crippen LogP contribution in [0.25, 0.3) is 49.8 Å². The van der Waals surface area contributed by atoms with Crippen molar-refractivity contribution >= 4 is 44.6 Å². The number of hydrogen-bond acceptors (Lipinski definition) is 2. The van der Waals surface area contributed by atoms with Crippen LogP contribution in [0, 0.1) is 0 Å². The Kier molecular flexibility index (Phi) is 7.11. The molecule has 0 unspecified atom stereocenters. The number of furan rings is 1. The summed E-state index contributed by atoms with van der Waals surface area (Å²) in [5.41, 5.74) is 16.2. The van der Waals surface area contributed by atoms with Crippen molar-refractivity contribution in [3.8, 4) is 22.3 Å². The van der Waals surface area contributed by atoms with Crippen LogP contribution in [0.2, 0.25) is 0 Å². The van der Waals surface area contributed by atoms with Gasteiger partial charge in [0.15, 0.2) is 0 Å². The van der Waals surface area contributed by atoms with E-state index < -0.39 is 0 Å². The first-order valence-corrected chi connectivity index (χ1v) is 18.2. The van der Waals surface area contributed by atoms with Crippen molar-refractivity contribution < 1.29 is 4.42 Å². The third-order valence-electron chi connectivity index (χ3n) is 11.2. The second-order valence-corrected chi connectivity index (χ2v) is 14.1. The lowest BCUT2D eigenvalue weighted by Crippen LogP contribution is -2.22. The molecule has 2 nitrogen and oxygen atoms in total. The molecule has 0 fully saturated rings. The smallest absolute Gasteiger partial charge is 0.139 e. The zero-order valence-electron chi connectivity index (χ0n) is 29.1. The summed E-state index contributed by atoms with van der Waals surface area (Å²) in [5.74, 6) is 0. The molecule has 2 heteroatoms. The Bertz CT molecular complexity index is 2650. The summed E-state index contributed by atoms with van der Waals surface area (Å²) in [4.78, 5) is 2.35. The zero-order chi connectivity index (χ0) is 34.6. The SMILES string of the molecule is CC1(c2cccc3c2oc2cc(N(c4ccc(C5=CC=CCC5)cc4)c4cccc(-c5ccccc5)c4)ccc23)c2ccccc2-c2ccccc21. The Hall–Kier alpha value is -6.38. The van der Waals surface area contributed by atoms with Gasteiger partial charge in [0.2, 0.25) is 0 Å². The van der Waals surface area contributed by atoms with Crippen LogP contribution < -0.4 is 4.90 Å². The number of hydrogen-bond donors (Lipinski definition) is 0. The molecule has 0 amide bonds. The lowest BCUT2D eigenvalue weighted by Gasteiger charge is -2.28. The normalized spacial score (nSPS) is 14.3. The van der Waals surface area contributed by atoms with Crippen molar-refractivity contribution in [3.05, 3.63) is 204 Å². The molecule has 52 heavy (non-hydrogen) atoms. The fourth-order valence-electron chi connectivity index (χ4n) is 8.63. The molecule has 2 aliphatic rings. The number of rotatable bonds is 6. The molecule has 2 aliphatic carbocycles. The van der Waals surface area contributed by atoms with Gasteiger partial charge in [0.1, 0.15) is 11.2 Å². The maximum Gasteiger partial charge on any atom is 0.139 e. The zero-order valence-corrected chi connectivity index (χ0v) is 29.1. The lowest BCUT2D eigenvalue weighted by molar-refractivity contribution is 0.638. The molecule has 8 aromatic rings. The van der Waals surface area contributed by atoms with E-state index in [4.69, 9.17) is 4.42 Å². The van der Waals surface area contributed by atoms with Gasteiger partial charge < -0.3 is 9.32 Å². The molecule has 0 spiro atoms. The van der Waals surface area contributed by atoms with Crippen LogP contribution in [0.3, 0.4) is 0 Å². The van der Waals surface area contributed by atoms with Crippen LogP contribution in [0.1, 0.15) is 42.0 Å². The number of para-hydroxylation sites is 1. The number of nitrogens with zero attached hydrogens (tertiary/aromatic N) is 1. The van der Waals surface area contributed by atoms with Crippen LogP contribution in [0.5, 0.6) is 0 Å². The minimum Gasteiger partial charge on any atom is -0.456 e. The Morgan fingerprint density at radius 1 is 0.519 bits per heavy atom. The topological polar surface area (TPSA) is 16.4 Å². The quantitative estimate of drug-likeness (QED) is 0.175. The Morgan fingerprint density at radius 2 is 1.17 bits per heavy atom. The maximum atomic E-state index is 7.00. The third-order valence-corrected chi connectivity index (χ3v) is 11.2. The van der Waals surface area contributed by atoms with E-state index in [9.17, 15) is 0 Å². The van der Waals surface area contributed by atoms with E-state index in [0.717, 1.165) is 51.8 Å². The van der Waals surface area contributed by atoms with Crippen LogP contribution in [-0.2, 0) is 5.41 Å². The molecule has 1 aromatic heterocycles. The second-order valence-electron chi connectivity index (χ2n) is 14.1. The molecule has 0 atom stereocenters. The molecule has 248 valence electrons. The van der Waals surface area contributed by atoms with Crippen LogP contribution in [0.15, 0.2) is 186 Å². The van der Waals surface area contributed by atoms with Crippen LogP contribution in [-0.4, -0.2) is 0 Å². The molecule has 10 rings (SSSR count). The van der Waals surface area contributed by atoms with E-state index in [2.05, 4.69) is 194 Å². The maximum absolute atomic E-state index is 7.00. The molecule has 0 saturated carbocycles. The molecule has 0 bridgehead atoms. The predicted molar refractivity (Wildman–Crippen MR) is 218 cm³/mol. The highest BCUT2D eigenvalue weighted by atomic mass is 16.3. The monoisotopic (exact) mass is 667 g/mol. The summed E-state index contributed by atoms with van der Waals surface area (Å²) in [5, 5.41) is 2.26. The molecular formula is C50H37NO. The fourth-order valence-corrected chi connectivity index (χ4v) is 8.63. The van der Waals surface area contributed by atoms with Gasteiger partial charge in [0.25, 0.3) is 0 Å². The van der Waals surface area contributed by atoms with E-state index in [0.29, 0.717) is 0 Å². The number of allylic oxidation sites excluding steroid dienone is 4. The molecule has 7 aromatic carbocycles. The van der Waals surface area contributed by atoms with Gasteiger partial charge in [-0.25, -0.2) is 0 Å². The number of fused-ring (bicyclic) bond motifs is 6. The highest BCUT2D eigenvalue weighted by Crippen LogP contribution is 2.54. The van der Waals surface area contributed by atoms with E-state index in [1.807, 2.05) is 0 Å². The van der Waals surface area contributed by atoms with E-state index in [-0.39, 0.29) is 5.41 Å². The van der Waals surface area contributed by atoms with Gasteiger partial charge >= 0.3 is 0 Å². The standard InChI is InChI=1S/C50H37NO/c1-50(45-23-10-8-20-41(45)42-21-9-11-24-46(42)50)47-25-13-22-44-43-31-30-40(33-48(43)52-49(44)47)51(38-28-26-36(27-29-38)34-14-4-2-5-15-34)39-19-12-18-37(32-39)35-16-6-3-7-17-35/h2-4,6-14,16-33H,5,15H2,1H3. The van der Waals surface area contributed by atoms with Gasteiger partial charge in [-0.05, 0) is 101 Å². The van der Waals surface area contributed by atoms with Crippen LogP contribution >= 0.6 is 0 Å². The van der Waals surface area contributed by atoms with Crippen LogP contribution in [0.4, 0.5) is 17.1 Å². The summed E-state index contributed by atoms with van der Waals surface area (Å²) in [6, 6.07) is 59.5. The number of benzene rings is 7. The van der Waals surface area contributed by atoms with Gasteiger partial charge in [-0.3, -0.25) is 0 Å². The summed E-state index contributed by atoms with van der Waals surface area (Å²) >= 11 is 0. The van der Waals surface area contributed by atoms with Crippen molar-refractivity contribution in [3.63, 3.8) is 0 Å². The summed E-state index contributed by atoms with van der Waals surface area (Å²) < 4.78 is 7.00. The summed E-state index contributed by atoms with van der Waals surface area (Å²) in [6.45, 7) is 2.36. The minimum absolute atomic E-state index is 0.349. The van der Waals surface area contributed by atoms with Crippen molar-refractivity contribution in [2.75, 3.05) is 4.90 Å². The van der Waals surface area contributed by atoms with Crippen molar-refractivity contribution in [2.45, 2.75) is 25.2 Å². The lowest BCUT2D eigenvalue weighted by atomic mass is 9.74. The molecule has 1 heterocycles. The van der Waals surface area contributed by atoms with Crippen molar-refractivity contribution in [2.24, 2.45) is 0 Å². The summed E-state index contributed by atoms with van der Waals surface area (Å²) in [6.07, 6.45) is 8.81.